The predicted molar refractivity (Wildman–Crippen MR) is 137 cm³/mol. The molecule has 0 saturated carbocycles. The van der Waals surface area contributed by atoms with Crippen LogP contribution >= 0.6 is 12.4 Å². The van der Waals surface area contributed by atoms with Crippen LogP contribution in [-0.2, 0) is 0 Å². The number of halogens is 1. The van der Waals surface area contributed by atoms with E-state index in [2.05, 4.69) is 17.1 Å². The van der Waals surface area contributed by atoms with E-state index in [1.54, 1.807) is 0 Å². The monoisotopic (exact) mass is 442 g/mol. The van der Waals surface area contributed by atoms with E-state index >= 15 is 0 Å². The van der Waals surface area contributed by atoms with Crippen molar-refractivity contribution in [3.8, 4) is 0 Å². The SMILES string of the molecule is CCCCCCCCCCCCCCCCCN1CCC(C2CCNCC2)CC1.Cl. The van der Waals surface area contributed by atoms with Gasteiger partial charge in [-0.1, -0.05) is 96.8 Å². The molecule has 2 fully saturated rings. The van der Waals surface area contributed by atoms with Crippen molar-refractivity contribution in [1.29, 1.82) is 0 Å². The van der Waals surface area contributed by atoms with Crippen molar-refractivity contribution in [3.63, 3.8) is 0 Å². The van der Waals surface area contributed by atoms with Gasteiger partial charge in [0.2, 0.25) is 0 Å². The second-order valence-corrected chi connectivity index (χ2v) is 10.2. The molecule has 0 aromatic heterocycles. The van der Waals surface area contributed by atoms with Crippen LogP contribution in [0.5, 0.6) is 0 Å². The van der Waals surface area contributed by atoms with Gasteiger partial charge in [-0.2, -0.15) is 0 Å². The highest BCUT2D eigenvalue weighted by atomic mass is 35.5. The van der Waals surface area contributed by atoms with E-state index in [0.29, 0.717) is 0 Å². The number of unbranched alkanes of at least 4 members (excludes halogenated alkanes) is 14. The smallest absolute Gasteiger partial charge is 0.00160 e. The Hall–Kier alpha value is 0.210. The fourth-order valence-electron chi connectivity index (χ4n) is 5.67. The highest BCUT2D eigenvalue weighted by Crippen LogP contribution is 2.30. The fourth-order valence-corrected chi connectivity index (χ4v) is 5.67. The van der Waals surface area contributed by atoms with Gasteiger partial charge in [-0.3, -0.25) is 0 Å². The highest BCUT2D eigenvalue weighted by Gasteiger charge is 2.27. The molecule has 2 saturated heterocycles. The average Bonchev–Trinajstić information content (AvgIpc) is 2.77. The van der Waals surface area contributed by atoms with E-state index in [9.17, 15) is 0 Å². The molecule has 0 bridgehead atoms. The molecule has 30 heavy (non-hydrogen) atoms. The number of nitrogens with zero attached hydrogens (tertiary/aromatic N) is 1. The molecule has 2 rings (SSSR count). The molecule has 0 amide bonds. The van der Waals surface area contributed by atoms with E-state index in [-0.39, 0.29) is 12.4 Å². The van der Waals surface area contributed by atoms with Crippen LogP contribution in [0, 0.1) is 11.8 Å². The molecule has 0 radical (unpaired) electrons. The van der Waals surface area contributed by atoms with Crippen molar-refractivity contribution in [2.75, 3.05) is 32.7 Å². The molecule has 0 aliphatic carbocycles. The second kappa shape index (κ2) is 19.9. The summed E-state index contributed by atoms with van der Waals surface area (Å²) in [5.74, 6) is 2.07. The maximum Gasteiger partial charge on any atom is -0.00160 e. The standard InChI is InChI=1S/C27H54N2.ClH/c1-2-3-4-5-6-7-8-9-10-11-12-13-14-15-16-23-29-24-19-27(20-25-29)26-17-21-28-22-18-26;/h26-28H,2-25H2,1H3;1H. The normalized spacial score (nSPS) is 19.1. The molecule has 0 atom stereocenters. The summed E-state index contributed by atoms with van der Waals surface area (Å²) in [4.78, 5) is 2.76. The van der Waals surface area contributed by atoms with Crippen LogP contribution in [0.1, 0.15) is 129 Å². The molecule has 0 aromatic carbocycles. The number of hydrogen-bond acceptors (Lipinski definition) is 2. The number of hydrogen-bond donors (Lipinski definition) is 1. The van der Waals surface area contributed by atoms with Crippen molar-refractivity contribution in [2.45, 2.75) is 129 Å². The first-order valence-electron chi connectivity index (χ1n) is 13.8. The first-order valence-corrected chi connectivity index (χ1v) is 13.8. The summed E-state index contributed by atoms with van der Waals surface area (Å²) in [7, 11) is 0. The molecule has 2 heterocycles. The molecule has 180 valence electrons. The van der Waals surface area contributed by atoms with Crippen molar-refractivity contribution in [1.82, 2.24) is 10.2 Å². The topological polar surface area (TPSA) is 15.3 Å². The van der Waals surface area contributed by atoms with Crippen LogP contribution in [-0.4, -0.2) is 37.6 Å². The van der Waals surface area contributed by atoms with Gasteiger partial charge < -0.3 is 10.2 Å². The summed E-state index contributed by atoms with van der Waals surface area (Å²) in [6.45, 7) is 8.98. The fraction of sp³-hybridized carbons (Fsp3) is 1.00. The highest BCUT2D eigenvalue weighted by molar-refractivity contribution is 5.85. The minimum atomic E-state index is 0. The number of likely N-dealkylation sites (tertiary alicyclic amines) is 1. The van der Waals surface area contributed by atoms with Gasteiger partial charge in [-0.25, -0.2) is 0 Å². The Morgan fingerprint density at radius 2 is 0.967 bits per heavy atom. The van der Waals surface area contributed by atoms with Crippen molar-refractivity contribution < 1.29 is 0 Å². The molecule has 1 N–H and O–H groups in total. The van der Waals surface area contributed by atoms with Gasteiger partial charge in [0.25, 0.3) is 0 Å². The van der Waals surface area contributed by atoms with Crippen LogP contribution in [0.15, 0.2) is 0 Å². The van der Waals surface area contributed by atoms with Crippen molar-refractivity contribution in [3.05, 3.63) is 0 Å². The lowest BCUT2D eigenvalue weighted by molar-refractivity contribution is 0.129. The van der Waals surface area contributed by atoms with E-state index in [4.69, 9.17) is 0 Å². The summed E-state index contributed by atoms with van der Waals surface area (Å²) >= 11 is 0. The Labute approximate surface area is 196 Å². The predicted octanol–water partition coefficient (Wildman–Crippen LogP) is 7.99. The zero-order valence-corrected chi connectivity index (χ0v) is 21.3. The van der Waals surface area contributed by atoms with Gasteiger partial charge in [-0.15, -0.1) is 12.4 Å². The molecule has 3 heteroatoms. The summed E-state index contributed by atoms with van der Waals surface area (Å²) in [5, 5.41) is 3.52. The third kappa shape index (κ3) is 13.6. The summed E-state index contributed by atoms with van der Waals surface area (Å²) in [5.41, 5.74) is 0. The van der Waals surface area contributed by atoms with Crippen LogP contribution in [0.4, 0.5) is 0 Å². The minimum absolute atomic E-state index is 0. The zero-order valence-electron chi connectivity index (χ0n) is 20.5. The molecule has 2 aliphatic rings. The summed E-state index contributed by atoms with van der Waals surface area (Å²) < 4.78 is 0. The van der Waals surface area contributed by atoms with E-state index in [1.807, 2.05) is 0 Å². The van der Waals surface area contributed by atoms with Gasteiger partial charge >= 0.3 is 0 Å². The lowest BCUT2D eigenvalue weighted by Gasteiger charge is -2.37. The molecular formula is C27H55ClN2. The van der Waals surface area contributed by atoms with Gasteiger partial charge in [0, 0.05) is 0 Å². The Kier molecular flexibility index (Phi) is 18.7. The maximum absolute atomic E-state index is 3.52. The van der Waals surface area contributed by atoms with Gasteiger partial charge in [0.15, 0.2) is 0 Å². The van der Waals surface area contributed by atoms with Gasteiger partial charge in [0.1, 0.15) is 0 Å². The quantitative estimate of drug-likeness (QED) is 0.229. The molecule has 0 aromatic rings. The molecular weight excluding hydrogens is 388 g/mol. The first-order chi connectivity index (χ1) is 14.4. The van der Waals surface area contributed by atoms with Crippen LogP contribution in [0.3, 0.4) is 0 Å². The zero-order chi connectivity index (χ0) is 20.4. The number of piperidine rings is 2. The molecule has 2 nitrogen and oxygen atoms in total. The summed E-state index contributed by atoms with van der Waals surface area (Å²) in [6.07, 6.45) is 27.8. The third-order valence-corrected chi connectivity index (χ3v) is 7.76. The van der Waals surface area contributed by atoms with E-state index in [0.717, 1.165) is 11.8 Å². The first kappa shape index (κ1) is 28.2. The molecule has 0 unspecified atom stereocenters. The number of rotatable bonds is 17. The lowest BCUT2D eigenvalue weighted by Crippen LogP contribution is -2.39. The van der Waals surface area contributed by atoms with Gasteiger partial charge in [-0.05, 0) is 76.7 Å². The minimum Gasteiger partial charge on any atom is -0.317 e. The Morgan fingerprint density at radius 1 is 0.567 bits per heavy atom. The van der Waals surface area contributed by atoms with Crippen LogP contribution in [0.2, 0.25) is 0 Å². The lowest BCUT2D eigenvalue weighted by atomic mass is 9.79. The maximum atomic E-state index is 3.52. The summed E-state index contributed by atoms with van der Waals surface area (Å²) in [6, 6.07) is 0. The Morgan fingerprint density at radius 3 is 1.43 bits per heavy atom. The largest absolute Gasteiger partial charge is 0.317 e. The van der Waals surface area contributed by atoms with Gasteiger partial charge in [0.05, 0.1) is 0 Å². The van der Waals surface area contributed by atoms with E-state index in [1.165, 1.54) is 155 Å². The molecule has 0 spiro atoms. The van der Waals surface area contributed by atoms with Crippen molar-refractivity contribution in [2.24, 2.45) is 11.8 Å². The van der Waals surface area contributed by atoms with Crippen LogP contribution in [0.25, 0.3) is 0 Å². The molecule has 2 aliphatic heterocycles. The third-order valence-electron chi connectivity index (χ3n) is 7.76. The Bertz CT molecular complexity index is 349. The van der Waals surface area contributed by atoms with E-state index < -0.39 is 0 Å². The average molecular weight is 443 g/mol. The number of nitrogens with one attached hydrogen (secondary N) is 1. The van der Waals surface area contributed by atoms with Crippen molar-refractivity contribution >= 4 is 12.4 Å². The second-order valence-electron chi connectivity index (χ2n) is 10.2. The van der Waals surface area contributed by atoms with Crippen LogP contribution < -0.4 is 5.32 Å². The Balaban J connectivity index is 0.00000450.